The second-order valence-electron chi connectivity index (χ2n) is 9.06. The predicted molar refractivity (Wildman–Crippen MR) is 128 cm³/mol. The van der Waals surface area contributed by atoms with Gasteiger partial charge in [-0.25, -0.2) is 4.98 Å². The third-order valence-electron chi connectivity index (χ3n) is 6.72. The molecule has 4 rings (SSSR count). The number of oxime groups is 1. The highest BCUT2D eigenvalue weighted by atomic mass is 16.6. The van der Waals surface area contributed by atoms with Crippen molar-refractivity contribution in [1.82, 2.24) is 19.8 Å². The van der Waals surface area contributed by atoms with Gasteiger partial charge in [-0.05, 0) is 75.5 Å². The number of likely N-dealkylation sites (tertiary alicyclic amines) is 2. The third kappa shape index (κ3) is 5.87. The Morgan fingerprint density at radius 2 is 1.85 bits per heavy atom. The molecule has 0 aromatic carbocycles. The number of rotatable bonds is 6. The lowest BCUT2D eigenvalue weighted by Crippen LogP contribution is -2.46. The Labute approximate surface area is 195 Å². The number of hydrogen-bond donors (Lipinski definition) is 1. The number of nitrogens with zero attached hydrogens (tertiary/aromatic N) is 5. The van der Waals surface area contributed by atoms with Crippen molar-refractivity contribution in [2.45, 2.75) is 39.2 Å². The van der Waals surface area contributed by atoms with E-state index in [1.54, 1.807) is 13.3 Å². The highest BCUT2D eigenvalue weighted by molar-refractivity contribution is 6.00. The van der Waals surface area contributed by atoms with Gasteiger partial charge in [0, 0.05) is 43.4 Å². The van der Waals surface area contributed by atoms with E-state index in [9.17, 15) is 4.79 Å². The zero-order valence-corrected chi connectivity index (χ0v) is 19.6. The van der Waals surface area contributed by atoms with Gasteiger partial charge in [0.15, 0.2) is 0 Å². The van der Waals surface area contributed by atoms with Crippen LogP contribution in [0.3, 0.4) is 0 Å². The van der Waals surface area contributed by atoms with Crippen molar-refractivity contribution in [2.24, 2.45) is 17.0 Å². The molecule has 8 nitrogen and oxygen atoms in total. The number of nitrogens with two attached hydrogens (primary N) is 1. The summed E-state index contributed by atoms with van der Waals surface area (Å²) in [7, 11) is 1.57. The summed E-state index contributed by atoms with van der Waals surface area (Å²) in [6.45, 7) is 6.21. The van der Waals surface area contributed by atoms with Crippen molar-refractivity contribution >= 4 is 17.4 Å². The van der Waals surface area contributed by atoms with Gasteiger partial charge in [-0.15, -0.1) is 0 Å². The second-order valence-corrected chi connectivity index (χ2v) is 9.06. The molecule has 0 unspecified atom stereocenters. The smallest absolute Gasteiger partial charge is 0.225 e. The molecular formula is C25H34N6O2. The molecule has 0 bridgehead atoms. The summed E-state index contributed by atoms with van der Waals surface area (Å²) in [6.07, 6.45) is 5.33. The van der Waals surface area contributed by atoms with Crippen LogP contribution in [0.4, 0.5) is 5.82 Å². The highest BCUT2D eigenvalue weighted by Crippen LogP contribution is 2.26. The van der Waals surface area contributed by atoms with E-state index in [1.165, 1.54) is 5.56 Å². The standard InChI is InChI=1S/C25H34N6O2/c1-18-4-3-5-22(28-18)24(29-33-2)20-9-14-31(15-10-20)25(32)21-7-12-30(13-8-21)17-19-6-11-27-23(26)16-19/h3-6,11,16,20-21H,7-10,12-15,17H2,1-2H3,(H2,26,27)/b29-24-. The summed E-state index contributed by atoms with van der Waals surface area (Å²) in [5, 5.41) is 4.30. The van der Waals surface area contributed by atoms with Crippen molar-refractivity contribution in [3.8, 4) is 0 Å². The summed E-state index contributed by atoms with van der Waals surface area (Å²) in [5.41, 5.74) is 9.68. The van der Waals surface area contributed by atoms with E-state index in [0.717, 1.165) is 75.5 Å². The van der Waals surface area contributed by atoms with E-state index in [0.29, 0.717) is 11.7 Å². The lowest BCUT2D eigenvalue weighted by atomic mass is 9.88. The molecule has 0 radical (unpaired) electrons. The molecule has 176 valence electrons. The molecule has 0 spiro atoms. The van der Waals surface area contributed by atoms with Gasteiger partial charge in [0.25, 0.3) is 0 Å². The van der Waals surface area contributed by atoms with Crippen LogP contribution < -0.4 is 5.73 Å². The third-order valence-corrected chi connectivity index (χ3v) is 6.72. The summed E-state index contributed by atoms with van der Waals surface area (Å²) in [6, 6.07) is 9.89. The fraction of sp³-hybridized carbons (Fsp3) is 0.520. The maximum atomic E-state index is 13.2. The van der Waals surface area contributed by atoms with Crippen LogP contribution in [0.1, 0.15) is 42.6 Å². The summed E-state index contributed by atoms with van der Waals surface area (Å²) in [4.78, 5) is 31.5. The minimum absolute atomic E-state index is 0.117. The number of nitrogen functional groups attached to an aromatic ring is 1. The van der Waals surface area contributed by atoms with Crippen LogP contribution in [-0.2, 0) is 16.2 Å². The minimum Gasteiger partial charge on any atom is -0.399 e. The zero-order chi connectivity index (χ0) is 23.2. The number of carbonyl (C=O) groups is 1. The zero-order valence-electron chi connectivity index (χ0n) is 19.6. The van der Waals surface area contributed by atoms with Crippen LogP contribution in [0.5, 0.6) is 0 Å². The van der Waals surface area contributed by atoms with E-state index in [-0.39, 0.29) is 11.8 Å². The summed E-state index contributed by atoms with van der Waals surface area (Å²) in [5.74, 6) is 1.22. The molecule has 2 saturated heterocycles. The van der Waals surface area contributed by atoms with E-state index in [4.69, 9.17) is 10.6 Å². The Morgan fingerprint density at radius 1 is 1.12 bits per heavy atom. The van der Waals surface area contributed by atoms with E-state index in [2.05, 4.69) is 24.9 Å². The number of aromatic nitrogens is 2. The first-order chi connectivity index (χ1) is 16.0. The lowest BCUT2D eigenvalue weighted by Gasteiger charge is -2.37. The average Bonchev–Trinajstić information content (AvgIpc) is 2.83. The molecule has 2 fully saturated rings. The van der Waals surface area contributed by atoms with Gasteiger partial charge in [0.2, 0.25) is 5.91 Å². The Morgan fingerprint density at radius 3 is 2.52 bits per heavy atom. The summed E-state index contributed by atoms with van der Waals surface area (Å²) < 4.78 is 0. The molecule has 2 N–H and O–H groups in total. The SMILES string of the molecule is CO/N=C(\c1cccc(C)n1)C1CCN(C(=O)C2CCN(Cc3ccnc(N)c3)CC2)CC1. The Kier molecular flexibility index (Phi) is 7.54. The lowest BCUT2D eigenvalue weighted by molar-refractivity contribution is -0.138. The van der Waals surface area contributed by atoms with Gasteiger partial charge >= 0.3 is 0 Å². The Bertz CT molecular complexity index is 978. The fourth-order valence-electron chi connectivity index (χ4n) is 4.93. The van der Waals surface area contributed by atoms with Crippen molar-refractivity contribution in [2.75, 3.05) is 39.0 Å². The number of hydrogen-bond acceptors (Lipinski definition) is 7. The number of amides is 1. The maximum absolute atomic E-state index is 13.2. The van der Waals surface area contributed by atoms with Gasteiger partial charge < -0.3 is 15.5 Å². The quantitative estimate of drug-likeness (QED) is 0.537. The number of pyridine rings is 2. The molecule has 2 aromatic rings. The molecule has 1 amide bonds. The monoisotopic (exact) mass is 450 g/mol. The fourth-order valence-corrected chi connectivity index (χ4v) is 4.93. The maximum Gasteiger partial charge on any atom is 0.225 e. The second kappa shape index (κ2) is 10.7. The predicted octanol–water partition coefficient (Wildman–Crippen LogP) is 2.87. The van der Waals surface area contributed by atoms with Gasteiger partial charge in [-0.3, -0.25) is 14.7 Å². The van der Waals surface area contributed by atoms with E-state index in [1.807, 2.05) is 37.3 Å². The van der Waals surface area contributed by atoms with Crippen LogP contribution in [0, 0.1) is 18.8 Å². The number of aryl methyl sites for hydroxylation is 1. The minimum atomic E-state index is 0.117. The Hall–Kier alpha value is -3.00. The molecule has 0 saturated carbocycles. The molecule has 0 aliphatic carbocycles. The first kappa shape index (κ1) is 23.2. The van der Waals surface area contributed by atoms with Gasteiger partial charge in [-0.2, -0.15) is 0 Å². The van der Waals surface area contributed by atoms with Crippen LogP contribution in [-0.4, -0.2) is 64.7 Å². The first-order valence-electron chi connectivity index (χ1n) is 11.8. The first-order valence-corrected chi connectivity index (χ1v) is 11.8. The van der Waals surface area contributed by atoms with Crippen molar-refractivity contribution in [3.05, 3.63) is 53.5 Å². The molecule has 2 aliphatic rings. The molecule has 2 aromatic heterocycles. The van der Waals surface area contributed by atoms with Gasteiger partial charge in [0.1, 0.15) is 18.6 Å². The van der Waals surface area contributed by atoms with Crippen molar-refractivity contribution in [1.29, 1.82) is 0 Å². The van der Waals surface area contributed by atoms with Crippen molar-refractivity contribution < 1.29 is 9.63 Å². The number of anilines is 1. The van der Waals surface area contributed by atoms with E-state index >= 15 is 0 Å². The van der Waals surface area contributed by atoms with Crippen molar-refractivity contribution in [3.63, 3.8) is 0 Å². The molecule has 33 heavy (non-hydrogen) atoms. The highest BCUT2D eigenvalue weighted by Gasteiger charge is 2.32. The number of piperidine rings is 2. The van der Waals surface area contributed by atoms with Crippen LogP contribution in [0.15, 0.2) is 41.7 Å². The topological polar surface area (TPSA) is 96.9 Å². The molecular weight excluding hydrogens is 416 g/mol. The average molecular weight is 451 g/mol. The normalized spacial score (nSPS) is 19.0. The molecule has 0 atom stereocenters. The largest absolute Gasteiger partial charge is 0.399 e. The number of carbonyl (C=O) groups excluding carboxylic acids is 1. The molecule has 8 heteroatoms. The van der Waals surface area contributed by atoms with Gasteiger partial charge in [-0.1, -0.05) is 11.2 Å². The Balaban J connectivity index is 1.28. The van der Waals surface area contributed by atoms with Gasteiger partial charge in [0.05, 0.1) is 5.69 Å². The van der Waals surface area contributed by atoms with Crippen LogP contribution >= 0.6 is 0 Å². The van der Waals surface area contributed by atoms with Crippen LogP contribution in [0.2, 0.25) is 0 Å². The van der Waals surface area contributed by atoms with Crippen LogP contribution in [0.25, 0.3) is 0 Å². The van der Waals surface area contributed by atoms with E-state index < -0.39 is 0 Å². The summed E-state index contributed by atoms with van der Waals surface area (Å²) >= 11 is 0. The molecule has 2 aliphatic heterocycles. The molecule has 4 heterocycles.